The fourth-order valence-electron chi connectivity index (χ4n) is 2.74. The van der Waals surface area contributed by atoms with Gasteiger partial charge in [-0.05, 0) is 31.8 Å². The summed E-state index contributed by atoms with van der Waals surface area (Å²) in [5, 5.41) is 9.83. The molecule has 0 spiro atoms. The summed E-state index contributed by atoms with van der Waals surface area (Å²) in [6.07, 6.45) is 2.35. The minimum atomic E-state index is -0.205. The van der Waals surface area contributed by atoms with Crippen LogP contribution in [0.15, 0.2) is 0 Å². The van der Waals surface area contributed by atoms with E-state index in [4.69, 9.17) is 4.74 Å². The normalized spacial score (nSPS) is 29.5. The topological polar surface area (TPSA) is 53.0 Å². The van der Waals surface area contributed by atoms with E-state index in [1.54, 1.807) is 0 Å². The maximum absolute atomic E-state index is 12.0. The summed E-state index contributed by atoms with van der Waals surface area (Å²) in [5.74, 6) is 0.653. The molecular weight excluding hydrogens is 244 g/mol. The predicted octanol–water partition coefficient (Wildman–Crippen LogP) is 0.328. The summed E-state index contributed by atoms with van der Waals surface area (Å²) in [7, 11) is 0. The Morgan fingerprint density at radius 3 is 2.74 bits per heavy atom. The van der Waals surface area contributed by atoms with Crippen molar-refractivity contribution in [2.75, 3.05) is 45.9 Å². The molecule has 0 aromatic carbocycles. The first-order valence-electron chi connectivity index (χ1n) is 7.43. The zero-order chi connectivity index (χ0) is 13.7. The van der Waals surface area contributed by atoms with Crippen LogP contribution in [0.3, 0.4) is 0 Å². The molecule has 0 aromatic heterocycles. The van der Waals surface area contributed by atoms with Gasteiger partial charge in [0.15, 0.2) is 0 Å². The van der Waals surface area contributed by atoms with Crippen molar-refractivity contribution in [1.82, 2.24) is 9.80 Å². The Hall–Kier alpha value is -0.650. The van der Waals surface area contributed by atoms with Crippen molar-refractivity contribution in [3.63, 3.8) is 0 Å². The first-order chi connectivity index (χ1) is 9.16. The van der Waals surface area contributed by atoms with Crippen molar-refractivity contribution in [3.05, 3.63) is 0 Å². The van der Waals surface area contributed by atoms with Crippen LogP contribution in [-0.4, -0.2) is 72.9 Å². The van der Waals surface area contributed by atoms with Crippen LogP contribution in [0.5, 0.6) is 0 Å². The van der Waals surface area contributed by atoms with Crippen LogP contribution < -0.4 is 0 Å². The van der Waals surface area contributed by atoms with Crippen LogP contribution >= 0.6 is 0 Å². The zero-order valence-electron chi connectivity index (χ0n) is 11.9. The number of aliphatic hydroxyl groups is 1. The van der Waals surface area contributed by atoms with Gasteiger partial charge in [0.1, 0.15) is 0 Å². The lowest BCUT2D eigenvalue weighted by Gasteiger charge is -2.34. The number of hydrogen-bond donors (Lipinski definition) is 1. The summed E-state index contributed by atoms with van der Waals surface area (Å²) in [4.78, 5) is 16.1. The van der Waals surface area contributed by atoms with Gasteiger partial charge in [-0.3, -0.25) is 4.79 Å². The van der Waals surface area contributed by atoms with Gasteiger partial charge in [0.05, 0.1) is 19.3 Å². The molecule has 2 saturated heterocycles. The molecule has 2 unspecified atom stereocenters. The van der Waals surface area contributed by atoms with Gasteiger partial charge in [-0.1, -0.05) is 6.92 Å². The van der Waals surface area contributed by atoms with Gasteiger partial charge < -0.3 is 19.6 Å². The maximum atomic E-state index is 12.0. The van der Waals surface area contributed by atoms with Gasteiger partial charge >= 0.3 is 0 Å². The van der Waals surface area contributed by atoms with E-state index in [2.05, 4.69) is 11.8 Å². The van der Waals surface area contributed by atoms with E-state index < -0.39 is 0 Å². The van der Waals surface area contributed by atoms with E-state index in [1.165, 1.54) is 0 Å². The summed E-state index contributed by atoms with van der Waals surface area (Å²) in [6, 6.07) is 0. The van der Waals surface area contributed by atoms with E-state index in [0.717, 1.165) is 45.6 Å². The Kier molecular flexibility index (Phi) is 5.60. The Labute approximate surface area is 115 Å². The standard InChI is InChI=1S/C14H26N2O3/c1-12-4-6-15(11-13(12)17)5-2-3-14(18)16-7-9-19-10-8-16/h12-13,17H,2-11H2,1H3. The number of β-amino-alcohol motifs (C(OH)–C–C–N with tert-alkyl or cyclic N) is 1. The zero-order valence-corrected chi connectivity index (χ0v) is 11.9. The van der Waals surface area contributed by atoms with Crippen molar-refractivity contribution >= 4 is 5.91 Å². The molecule has 110 valence electrons. The minimum Gasteiger partial charge on any atom is -0.392 e. The third kappa shape index (κ3) is 4.44. The number of ether oxygens (including phenoxy) is 1. The van der Waals surface area contributed by atoms with Gasteiger partial charge in [0, 0.05) is 26.1 Å². The van der Waals surface area contributed by atoms with Crippen LogP contribution in [-0.2, 0) is 9.53 Å². The van der Waals surface area contributed by atoms with Crippen molar-refractivity contribution in [2.45, 2.75) is 32.3 Å². The predicted molar refractivity (Wildman–Crippen MR) is 72.9 cm³/mol. The number of likely N-dealkylation sites (tertiary alicyclic amines) is 1. The smallest absolute Gasteiger partial charge is 0.222 e. The summed E-state index contributed by atoms with van der Waals surface area (Å²) < 4.78 is 5.24. The molecule has 19 heavy (non-hydrogen) atoms. The van der Waals surface area contributed by atoms with Crippen molar-refractivity contribution in [1.29, 1.82) is 0 Å². The molecule has 1 amide bonds. The molecule has 5 heteroatoms. The van der Waals surface area contributed by atoms with Gasteiger partial charge in [0.2, 0.25) is 5.91 Å². The molecule has 2 heterocycles. The number of hydrogen-bond acceptors (Lipinski definition) is 4. The summed E-state index contributed by atoms with van der Waals surface area (Å²) >= 11 is 0. The molecule has 2 rings (SSSR count). The molecule has 2 atom stereocenters. The number of piperidine rings is 1. The van der Waals surface area contributed by atoms with Crippen LogP contribution in [0.4, 0.5) is 0 Å². The molecule has 5 nitrogen and oxygen atoms in total. The fraction of sp³-hybridized carbons (Fsp3) is 0.929. The molecule has 0 saturated carbocycles. The minimum absolute atomic E-state index is 0.205. The molecule has 1 N–H and O–H groups in total. The van der Waals surface area contributed by atoms with Gasteiger partial charge in [-0.2, -0.15) is 0 Å². The van der Waals surface area contributed by atoms with E-state index in [1.807, 2.05) is 4.90 Å². The fourth-order valence-corrected chi connectivity index (χ4v) is 2.74. The Bertz CT molecular complexity index is 292. The second-order valence-corrected chi connectivity index (χ2v) is 5.73. The quantitative estimate of drug-likeness (QED) is 0.800. The number of rotatable bonds is 4. The average molecular weight is 270 g/mol. The highest BCUT2D eigenvalue weighted by atomic mass is 16.5. The van der Waals surface area contributed by atoms with Crippen LogP contribution in [0.1, 0.15) is 26.2 Å². The molecule has 2 fully saturated rings. The SMILES string of the molecule is CC1CCN(CCCC(=O)N2CCOCC2)CC1O. The number of aliphatic hydroxyl groups excluding tert-OH is 1. The van der Waals surface area contributed by atoms with Crippen LogP contribution in [0.2, 0.25) is 0 Å². The van der Waals surface area contributed by atoms with E-state index in [0.29, 0.717) is 25.6 Å². The Morgan fingerprint density at radius 1 is 1.32 bits per heavy atom. The van der Waals surface area contributed by atoms with Gasteiger partial charge in [0.25, 0.3) is 0 Å². The van der Waals surface area contributed by atoms with E-state index in [9.17, 15) is 9.90 Å². The first-order valence-corrected chi connectivity index (χ1v) is 7.43. The van der Waals surface area contributed by atoms with Crippen molar-refractivity contribution in [2.24, 2.45) is 5.92 Å². The molecule has 0 aliphatic carbocycles. The third-order valence-electron chi connectivity index (χ3n) is 4.23. The van der Waals surface area contributed by atoms with Crippen LogP contribution in [0.25, 0.3) is 0 Å². The van der Waals surface area contributed by atoms with Crippen LogP contribution in [0, 0.1) is 5.92 Å². The molecule has 2 aliphatic rings. The van der Waals surface area contributed by atoms with E-state index >= 15 is 0 Å². The van der Waals surface area contributed by atoms with E-state index in [-0.39, 0.29) is 12.0 Å². The molecule has 0 radical (unpaired) electrons. The number of carbonyl (C=O) groups is 1. The third-order valence-corrected chi connectivity index (χ3v) is 4.23. The Balaban J connectivity index is 1.62. The highest BCUT2D eigenvalue weighted by Gasteiger charge is 2.24. The first kappa shape index (κ1) is 14.8. The number of nitrogens with zero attached hydrogens (tertiary/aromatic N) is 2. The number of carbonyl (C=O) groups excluding carboxylic acids is 1. The maximum Gasteiger partial charge on any atom is 0.222 e. The van der Waals surface area contributed by atoms with Gasteiger partial charge in [-0.25, -0.2) is 0 Å². The van der Waals surface area contributed by atoms with Gasteiger partial charge in [-0.15, -0.1) is 0 Å². The average Bonchev–Trinajstić information content (AvgIpc) is 2.43. The second-order valence-electron chi connectivity index (χ2n) is 5.73. The molecule has 0 aromatic rings. The monoisotopic (exact) mass is 270 g/mol. The van der Waals surface area contributed by atoms with Crippen molar-refractivity contribution in [3.8, 4) is 0 Å². The summed E-state index contributed by atoms with van der Waals surface area (Å²) in [6.45, 7) is 7.63. The summed E-state index contributed by atoms with van der Waals surface area (Å²) in [5.41, 5.74) is 0. The number of morpholine rings is 1. The molecule has 2 aliphatic heterocycles. The Morgan fingerprint density at radius 2 is 2.05 bits per heavy atom. The highest BCUT2D eigenvalue weighted by Crippen LogP contribution is 2.17. The van der Waals surface area contributed by atoms with Crippen molar-refractivity contribution < 1.29 is 14.6 Å². The highest BCUT2D eigenvalue weighted by molar-refractivity contribution is 5.76. The molecule has 0 bridgehead atoms. The number of amides is 1. The second kappa shape index (κ2) is 7.22. The molecular formula is C14H26N2O3. The lowest BCUT2D eigenvalue weighted by molar-refractivity contribution is -0.135. The lowest BCUT2D eigenvalue weighted by atomic mass is 9.96. The largest absolute Gasteiger partial charge is 0.392 e. The lowest BCUT2D eigenvalue weighted by Crippen LogP contribution is -2.44.